The molecule has 0 aliphatic carbocycles. The molecule has 178 valence electrons. The van der Waals surface area contributed by atoms with Gasteiger partial charge in [0.2, 0.25) is 0 Å². The molecule has 0 aliphatic heterocycles. The number of nitrogens with zero attached hydrogens (tertiary/aromatic N) is 2. The first-order valence-corrected chi connectivity index (χ1v) is 10.7. The van der Waals surface area contributed by atoms with Gasteiger partial charge in [-0.1, -0.05) is 18.2 Å². The SMILES string of the molecule is CN(CCCC(C=O)NC(=O)Nc1ccc(C(F)(F)F)cc1)c1ccc(-c2cccnc2)cc1. The van der Waals surface area contributed by atoms with Crippen LogP contribution in [0.1, 0.15) is 18.4 Å². The van der Waals surface area contributed by atoms with Crippen LogP contribution in [0.25, 0.3) is 11.1 Å². The zero-order valence-corrected chi connectivity index (χ0v) is 18.5. The van der Waals surface area contributed by atoms with E-state index in [0.29, 0.717) is 25.7 Å². The van der Waals surface area contributed by atoms with Crippen LogP contribution in [-0.4, -0.2) is 36.9 Å². The first-order chi connectivity index (χ1) is 16.3. The Balaban J connectivity index is 1.44. The zero-order valence-electron chi connectivity index (χ0n) is 18.5. The van der Waals surface area contributed by atoms with Crippen molar-refractivity contribution in [1.29, 1.82) is 0 Å². The molecule has 0 saturated heterocycles. The highest BCUT2D eigenvalue weighted by molar-refractivity contribution is 5.90. The molecule has 2 aromatic carbocycles. The number of hydrogen-bond donors (Lipinski definition) is 2. The highest BCUT2D eigenvalue weighted by Gasteiger charge is 2.30. The molecule has 0 bridgehead atoms. The van der Waals surface area contributed by atoms with Crippen molar-refractivity contribution in [3.8, 4) is 11.1 Å². The summed E-state index contributed by atoms with van der Waals surface area (Å²) in [7, 11) is 1.94. The first-order valence-electron chi connectivity index (χ1n) is 10.7. The molecule has 1 heterocycles. The monoisotopic (exact) mass is 470 g/mol. The first kappa shape index (κ1) is 24.8. The van der Waals surface area contributed by atoms with E-state index in [2.05, 4.69) is 20.5 Å². The Labute approximate surface area is 195 Å². The molecule has 1 unspecified atom stereocenters. The van der Waals surface area contributed by atoms with Crippen molar-refractivity contribution in [2.24, 2.45) is 0 Å². The molecule has 1 atom stereocenters. The fourth-order valence-electron chi connectivity index (χ4n) is 3.37. The van der Waals surface area contributed by atoms with E-state index >= 15 is 0 Å². The molecule has 0 saturated carbocycles. The van der Waals surface area contributed by atoms with Crippen LogP contribution >= 0.6 is 0 Å². The summed E-state index contributed by atoms with van der Waals surface area (Å²) in [6.45, 7) is 0.665. The summed E-state index contributed by atoms with van der Waals surface area (Å²) in [6, 6.07) is 14.6. The number of carbonyl (C=O) groups excluding carboxylic acids is 2. The number of aldehydes is 1. The van der Waals surface area contributed by atoms with Crippen LogP contribution in [0, 0.1) is 0 Å². The van der Waals surface area contributed by atoms with E-state index in [4.69, 9.17) is 0 Å². The summed E-state index contributed by atoms with van der Waals surface area (Å²) < 4.78 is 37.9. The summed E-state index contributed by atoms with van der Waals surface area (Å²) in [6.07, 6.45) is 0.796. The lowest BCUT2D eigenvalue weighted by molar-refractivity contribution is -0.137. The summed E-state index contributed by atoms with van der Waals surface area (Å²) in [4.78, 5) is 29.7. The summed E-state index contributed by atoms with van der Waals surface area (Å²) in [5.41, 5.74) is 2.51. The van der Waals surface area contributed by atoms with Gasteiger partial charge in [-0.3, -0.25) is 4.98 Å². The molecule has 34 heavy (non-hydrogen) atoms. The van der Waals surface area contributed by atoms with Crippen LogP contribution in [0.4, 0.5) is 29.3 Å². The van der Waals surface area contributed by atoms with Crippen LogP contribution in [0.2, 0.25) is 0 Å². The third kappa shape index (κ3) is 7.06. The summed E-state index contributed by atoms with van der Waals surface area (Å²) in [5.74, 6) is 0. The molecule has 6 nitrogen and oxygen atoms in total. The highest BCUT2D eigenvalue weighted by Crippen LogP contribution is 2.29. The van der Waals surface area contributed by atoms with Crippen molar-refractivity contribution >= 4 is 23.7 Å². The number of benzene rings is 2. The molecule has 0 fully saturated rings. The van der Waals surface area contributed by atoms with Crippen LogP contribution in [0.5, 0.6) is 0 Å². The van der Waals surface area contributed by atoms with E-state index in [1.165, 1.54) is 0 Å². The van der Waals surface area contributed by atoms with Gasteiger partial charge in [-0.15, -0.1) is 0 Å². The quantitative estimate of drug-likeness (QED) is 0.412. The second kappa shape index (κ2) is 11.3. The predicted molar refractivity (Wildman–Crippen MR) is 126 cm³/mol. The topological polar surface area (TPSA) is 74.3 Å². The smallest absolute Gasteiger partial charge is 0.375 e. The fraction of sp³-hybridized carbons (Fsp3) is 0.240. The molecule has 0 spiro atoms. The van der Waals surface area contributed by atoms with Gasteiger partial charge >= 0.3 is 12.2 Å². The Morgan fingerprint density at radius 1 is 1.06 bits per heavy atom. The lowest BCUT2D eigenvalue weighted by atomic mass is 10.1. The number of halogens is 3. The molecule has 1 aromatic heterocycles. The second-order valence-corrected chi connectivity index (χ2v) is 7.77. The van der Waals surface area contributed by atoms with E-state index in [1.807, 2.05) is 43.4 Å². The summed E-state index contributed by atoms with van der Waals surface area (Å²) >= 11 is 0. The molecule has 2 N–H and O–H groups in total. The van der Waals surface area contributed by atoms with Crippen molar-refractivity contribution in [2.75, 3.05) is 23.8 Å². The standard InChI is InChI=1S/C25H25F3N4O2/c1-32(23-12-6-18(7-13-23)19-4-2-14-29-16-19)15-3-5-22(17-33)31-24(34)30-21-10-8-20(9-11-21)25(26,27)28/h2,4,6-14,16-17,22H,3,5,15H2,1H3,(H2,30,31,34). The number of alkyl halides is 3. The van der Waals surface area contributed by atoms with Gasteiger partial charge in [-0.05, 0) is 66.4 Å². The highest BCUT2D eigenvalue weighted by atomic mass is 19.4. The number of anilines is 2. The Bertz CT molecular complexity index is 1070. The maximum absolute atomic E-state index is 12.6. The van der Waals surface area contributed by atoms with Crippen LogP contribution in [-0.2, 0) is 11.0 Å². The molecule has 2 amide bonds. The van der Waals surface area contributed by atoms with Gasteiger partial charge in [-0.25, -0.2) is 4.79 Å². The van der Waals surface area contributed by atoms with Gasteiger partial charge in [0.25, 0.3) is 0 Å². The van der Waals surface area contributed by atoms with Gasteiger partial charge in [0.15, 0.2) is 0 Å². The van der Waals surface area contributed by atoms with Crippen LogP contribution in [0.3, 0.4) is 0 Å². The summed E-state index contributed by atoms with van der Waals surface area (Å²) in [5, 5.41) is 4.97. The number of amides is 2. The van der Waals surface area contributed by atoms with Gasteiger partial charge in [0, 0.05) is 37.4 Å². The van der Waals surface area contributed by atoms with Gasteiger partial charge in [-0.2, -0.15) is 13.2 Å². The molecule has 0 aliphatic rings. The minimum Gasteiger partial charge on any atom is -0.375 e. The third-order valence-electron chi connectivity index (χ3n) is 5.26. The molecule has 3 rings (SSSR count). The Morgan fingerprint density at radius 3 is 2.35 bits per heavy atom. The maximum Gasteiger partial charge on any atom is 0.416 e. The van der Waals surface area contributed by atoms with Gasteiger partial charge < -0.3 is 20.3 Å². The number of pyridine rings is 1. The minimum absolute atomic E-state index is 0.199. The average molecular weight is 470 g/mol. The second-order valence-electron chi connectivity index (χ2n) is 7.77. The van der Waals surface area contributed by atoms with E-state index in [0.717, 1.165) is 41.1 Å². The number of carbonyl (C=O) groups is 2. The Hall–Kier alpha value is -3.88. The van der Waals surface area contributed by atoms with Gasteiger partial charge in [0.1, 0.15) is 6.29 Å². The van der Waals surface area contributed by atoms with Crippen LogP contribution < -0.4 is 15.5 Å². The molecular formula is C25H25F3N4O2. The van der Waals surface area contributed by atoms with E-state index in [1.54, 1.807) is 12.4 Å². The molecule has 9 heteroatoms. The molecule has 3 aromatic rings. The van der Waals surface area contributed by atoms with Crippen molar-refractivity contribution < 1.29 is 22.8 Å². The number of aromatic nitrogens is 1. The van der Waals surface area contributed by atoms with Crippen molar-refractivity contribution in [3.05, 3.63) is 78.6 Å². The predicted octanol–water partition coefficient (Wildman–Crippen LogP) is 5.37. The molecular weight excluding hydrogens is 445 g/mol. The number of nitrogens with one attached hydrogen (secondary N) is 2. The third-order valence-corrected chi connectivity index (χ3v) is 5.26. The van der Waals surface area contributed by atoms with Crippen molar-refractivity contribution in [3.63, 3.8) is 0 Å². The van der Waals surface area contributed by atoms with E-state index in [-0.39, 0.29) is 5.69 Å². The Kier molecular flexibility index (Phi) is 8.24. The number of hydrogen-bond acceptors (Lipinski definition) is 4. The van der Waals surface area contributed by atoms with Gasteiger partial charge in [0.05, 0.1) is 11.6 Å². The molecule has 0 radical (unpaired) electrons. The average Bonchev–Trinajstić information content (AvgIpc) is 2.83. The fourth-order valence-corrected chi connectivity index (χ4v) is 3.37. The van der Waals surface area contributed by atoms with E-state index < -0.39 is 23.8 Å². The minimum atomic E-state index is -4.45. The number of rotatable bonds is 9. The lowest BCUT2D eigenvalue weighted by Gasteiger charge is -2.21. The normalized spacial score (nSPS) is 12.0. The zero-order chi connectivity index (χ0) is 24.6. The maximum atomic E-state index is 12.6. The van der Waals surface area contributed by atoms with E-state index in [9.17, 15) is 22.8 Å². The largest absolute Gasteiger partial charge is 0.416 e. The van der Waals surface area contributed by atoms with Crippen molar-refractivity contribution in [2.45, 2.75) is 25.1 Å². The van der Waals surface area contributed by atoms with Crippen molar-refractivity contribution in [1.82, 2.24) is 10.3 Å². The lowest BCUT2D eigenvalue weighted by Crippen LogP contribution is -2.39. The number of urea groups is 1. The Morgan fingerprint density at radius 2 is 1.76 bits per heavy atom. The van der Waals surface area contributed by atoms with Crippen LogP contribution in [0.15, 0.2) is 73.1 Å².